The molecule has 1 N–H and O–H groups in total. The van der Waals surface area contributed by atoms with Gasteiger partial charge in [0, 0.05) is 18.1 Å². The largest absolute Gasteiger partial charge is 0.389 e. The van der Waals surface area contributed by atoms with Gasteiger partial charge in [0.1, 0.15) is 0 Å². The molecule has 1 saturated heterocycles. The van der Waals surface area contributed by atoms with Crippen LogP contribution in [-0.4, -0.2) is 28.1 Å². The van der Waals surface area contributed by atoms with E-state index in [1.165, 1.54) is 0 Å². The molecule has 0 spiro atoms. The summed E-state index contributed by atoms with van der Waals surface area (Å²) in [6.07, 6.45) is 2.69. The van der Waals surface area contributed by atoms with Crippen LogP contribution in [0, 0.1) is 0 Å². The van der Waals surface area contributed by atoms with E-state index in [9.17, 15) is 5.11 Å². The summed E-state index contributed by atoms with van der Waals surface area (Å²) in [6, 6.07) is 3.81. The molecule has 0 aliphatic carbocycles. The zero-order chi connectivity index (χ0) is 11.5. The van der Waals surface area contributed by atoms with Crippen molar-refractivity contribution < 1.29 is 9.84 Å². The number of aromatic nitrogens is 1. The maximum absolute atomic E-state index is 9.50. The van der Waals surface area contributed by atoms with Crippen LogP contribution >= 0.6 is 11.8 Å². The number of aliphatic hydroxyl groups is 1. The standard InChI is InChI=1S/C12H17NO2S/c1-8(14)10-3-5-13-12(7-10)16-11-4-6-15-9(11)2/h3,5,7-9,11,14H,4,6H2,1-2H3. The summed E-state index contributed by atoms with van der Waals surface area (Å²) in [5.74, 6) is 0. The summed E-state index contributed by atoms with van der Waals surface area (Å²) >= 11 is 1.74. The number of nitrogens with zero attached hydrogens (tertiary/aromatic N) is 1. The van der Waals surface area contributed by atoms with E-state index in [1.807, 2.05) is 12.1 Å². The quantitative estimate of drug-likeness (QED) is 0.879. The highest BCUT2D eigenvalue weighted by Gasteiger charge is 2.25. The molecule has 0 saturated carbocycles. The highest BCUT2D eigenvalue weighted by molar-refractivity contribution is 7.99. The Morgan fingerprint density at radius 3 is 3.06 bits per heavy atom. The van der Waals surface area contributed by atoms with Crippen molar-refractivity contribution in [2.75, 3.05) is 6.61 Å². The lowest BCUT2D eigenvalue weighted by Gasteiger charge is -2.13. The van der Waals surface area contributed by atoms with Crippen LogP contribution in [0.15, 0.2) is 23.4 Å². The first-order chi connectivity index (χ1) is 7.66. The van der Waals surface area contributed by atoms with Crippen LogP contribution in [0.4, 0.5) is 0 Å². The fraction of sp³-hybridized carbons (Fsp3) is 0.583. The fourth-order valence-corrected chi connectivity index (χ4v) is 2.89. The highest BCUT2D eigenvalue weighted by atomic mass is 32.2. The average molecular weight is 239 g/mol. The number of pyridine rings is 1. The molecule has 0 bridgehead atoms. The average Bonchev–Trinajstić information content (AvgIpc) is 2.65. The molecule has 0 radical (unpaired) electrons. The Kier molecular flexibility index (Phi) is 3.84. The fourth-order valence-electron chi connectivity index (χ4n) is 1.77. The lowest BCUT2D eigenvalue weighted by molar-refractivity contribution is 0.127. The molecule has 1 aromatic heterocycles. The SMILES string of the molecule is CC(O)c1ccnc(SC2CCOC2C)c1. The molecule has 0 amide bonds. The molecule has 3 nitrogen and oxygen atoms in total. The summed E-state index contributed by atoms with van der Waals surface area (Å²) < 4.78 is 5.52. The van der Waals surface area contributed by atoms with Crippen molar-refractivity contribution >= 4 is 11.8 Å². The van der Waals surface area contributed by atoms with Gasteiger partial charge in [-0.05, 0) is 38.0 Å². The van der Waals surface area contributed by atoms with E-state index in [1.54, 1.807) is 24.9 Å². The second-order valence-corrected chi connectivity index (χ2v) is 5.38. The molecule has 1 fully saturated rings. The second-order valence-electron chi connectivity index (χ2n) is 4.12. The van der Waals surface area contributed by atoms with Crippen LogP contribution in [0.3, 0.4) is 0 Å². The van der Waals surface area contributed by atoms with Crippen LogP contribution < -0.4 is 0 Å². The smallest absolute Gasteiger partial charge is 0.0967 e. The molecular weight excluding hydrogens is 222 g/mol. The van der Waals surface area contributed by atoms with Crippen molar-refractivity contribution in [2.24, 2.45) is 0 Å². The van der Waals surface area contributed by atoms with Gasteiger partial charge in [-0.3, -0.25) is 0 Å². The molecule has 0 aromatic carbocycles. The number of thioether (sulfide) groups is 1. The summed E-state index contributed by atoms with van der Waals surface area (Å²) in [7, 11) is 0. The molecule has 16 heavy (non-hydrogen) atoms. The summed E-state index contributed by atoms with van der Waals surface area (Å²) in [5, 5.41) is 11.0. The predicted octanol–water partition coefficient (Wildman–Crippen LogP) is 2.40. The normalized spacial score (nSPS) is 26.9. The Balaban J connectivity index is 2.06. The number of hydrogen-bond donors (Lipinski definition) is 1. The molecule has 1 aromatic rings. The monoisotopic (exact) mass is 239 g/mol. The van der Waals surface area contributed by atoms with Crippen molar-refractivity contribution in [1.29, 1.82) is 0 Å². The predicted molar refractivity (Wildman–Crippen MR) is 64.5 cm³/mol. The Morgan fingerprint density at radius 2 is 2.44 bits per heavy atom. The van der Waals surface area contributed by atoms with Crippen LogP contribution in [0.2, 0.25) is 0 Å². The molecular formula is C12H17NO2S. The molecule has 1 aliphatic heterocycles. The Labute approximate surface area is 100 Å². The maximum Gasteiger partial charge on any atom is 0.0967 e. The third-order valence-corrected chi connectivity index (χ3v) is 4.21. The maximum atomic E-state index is 9.50. The van der Waals surface area contributed by atoms with E-state index < -0.39 is 6.10 Å². The first-order valence-electron chi connectivity index (χ1n) is 5.59. The van der Waals surface area contributed by atoms with Crippen LogP contribution in [0.25, 0.3) is 0 Å². The minimum Gasteiger partial charge on any atom is -0.389 e. The Bertz CT molecular complexity index is 357. The molecule has 1 aliphatic rings. The van der Waals surface area contributed by atoms with E-state index in [-0.39, 0.29) is 0 Å². The third-order valence-electron chi connectivity index (χ3n) is 2.82. The first-order valence-corrected chi connectivity index (χ1v) is 6.47. The molecule has 2 rings (SSSR count). The second kappa shape index (κ2) is 5.17. The van der Waals surface area contributed by atoms with E-state index in [0.29, 0.717) is 11.4 Å². The topological polar surface area (TPSA) is 42.4 Å². The Morgan fingerprint density at radius 1 is 1.62 bits per heavy atom. The van der Waals surface area contributed by atoms with Crippen molar-refractivity contribution in [3.8, 4) is 0 Å². The van der Waals surface area contributed by atoms with Gasteiger partial charge in [-0.15, -0.1) is 11.8 Å². The van der Waals surface area contributed by atoms with Crippen molar-refractivity contribution in [3.05, 3.63) is 23.9 Å². The zero-order valence-corrected chi connectivity index (χ0v) is 10.4. The molecule has 3 unspecified atom stereocenters. The minimum absolute atomic E-state index is 0.294. The van der Waals surface area contributed by atoms with Gasteiger partial charge in [0.15, 0.2) is 0 Å². The van der Waals surface area contributed by atoms with Gasteiger partial charge >= 0.3 is 0 Å². The lowest BCUT2D eigenvalue weighted by Crippen LogP contribution is -2.13. The van der Waals surface area contributed by atoms with Gasteiger partial charge in [0.2, 0.25) is 0 Å². The van der Waals surface area contributed by atoms with Gasteiger partial charge in [-0.2, -0.15) is 0 Å². The van der Waals surface area contributed by atoms with Gasteiger partial charge in [0.25, 0.3) is 0 Å². The number of hydrogen-bond acceptors (Lipinski definition) is 4. The van der Waals surface area contributed by atoms with E-state index in [2.05, 4.69) is 11.9 Å². The van der Waals surface area contributed by atoms with Gasteiger partial charge in [-0.1, -0.05) is 0 Å². The molecule has 3 atom stereocenters. The van der Waals surface area contributed by atoms with Gasteiger partial charge in [-0.25, -0.2) is 4.98 Å². The van der Waals surface area contributed by atoms with Crippen LogP contribution in [0.5, 0.6) is 0 Å². The van der Waals surface area contributed by atoms with E-state index in [4.69, 9.17) is 4.74 Å². The van der Waals surface area contributed by atoms with Crippen molar-refractivity contribution in [1.82, 2.24) is 4.98 Å². The number of rotatable bonds is 3. The number of ether oxygens (including phenoxy) is 1. The third kappa shape index (κ3) is 2.75. The number of aliphatic hydroxyl groups excluding tert-OH is 1. The van der Waals surface area contributed by atoms with Crippen molar-refractivity contribution in [3.63, 3.8) is 0 Å². The minimum atomic E-state index is -0.431. The molecule has 2 heterocycles. The summed E-state index contributed by atoms with van der Waals surface area (Å²) in [4.78, 5) is 4.32. The summed E-state index contributed by atoms with van der Waals surface area (Å²) in [5.41, 5.74) is 0.920. The van der Waals surface area contributed by atoms with Crippen LogP contribution in [0.1, 0.15) is 31.9 Å². The first kappa shape index (κ1) is 11.9. The van der Waals surface area contributed by atoms with E-state index in [0.717, 1.165) is 23.6 Å². The Hall–Kier alpha value is -0.580. The van der Waals surface area contributed by atoms with Crippen molar-refractivity contribution in [2.45, 2.75) is 42.8 Å². The molecule has 88 valence electrons. The van der Waals surface area contributed by atoms with E-state index >= 15 is 0 Å². The zero-order valence-electron chi connectivity index (χ0n) is 9.59. The molecule has 4 heteroatoms. The summed E-state index contributed by atoms with van der Waals surface area (Å²) in [6.45, 7) is 4.71. The van der Waals surface area contributed by atoms with Gasteiger partial charge in [0.05, 0.1) is 17.2 Å². The highest BCUT2D eigenvalue weighted by Crippen LogP contribution is 2.32. The van der Waals surface area contributed by atoms with Gasteiger partial charge < -0.3 is 9.84 Å². The lowest BCUT2D eigenvalue weighted by atomic mass is 10.2. The van der Waals surface area contributed by atoms with Crippen LogP contribution in [-0.2, 0) is 4.74 Å².